The lowest BCUT2D eigenvalue weighted by Crippen LogP contribution is -1.99. The number of hydrogen-bond donors (Lipinski definition) is 0. The fourth-order valence-electron chi connectivity index (χ4n) is 1.61. The van der Waals surface area contributed by atoms with Gasteiger partial charge in [-0.1, -0.05) is 12.1 Å². The Kier molecular flexibility index (Phi) is 1.85. The Hall–Kier alpha value is -1.96. The summed E-state index contributed by atoms with van der Waals surface area (Å²) in [6.45, 7) is 0. The summed E-state index contributed by atoms with van der Waals surface area (Å²) in [5.41, 5.74) is 4.67. The second kappa shape index (κ2) is 3.31. The van der Waals surface area contributed by atoms with E-state index in [0.717, 1.165) is 17.8 Å². The van der Waals surface area contributed by atoms with Crippen molar-refractivity contribution in [3.63, 3.8) is 0 Å². The monoisotopic (exact) mass is 194 g/mol. The molecular formula is C13H10N2. The lowest BCUT2D eigenvalue weighted by atomic mass is 10.2. The van der Waals surface area contributed by atoms with Gasteiger partial charge in [0.15, 0.2) is 0 Å². The number of aromatic nitrogens is 1. The van der Waals surface area contributed by atoms with E-state index < -0.39 is 0 Å². The highest BCUT2D eigenvalue weighted by atomic mass is 14.8. The van der Waals surface area contributed by atoms with Crippen molar-refractivity contribution in [1.29, 1.82) is 0 Å². The molecule has 0 spiro atoms. The van der Waals surface area contributed by atoms with E-state index in [1.165, 1.54) is 11.1 Å². The second-order valence-electron chi connectivity index (χ2n) is 3.61. The maximum Gasteiger partial charge on any atom is 0.0889 e. The summed E-state index contributed by atoms with van der Waals surface area (Å²) in [6.07, 6.45) is 10.9. The van der Waals surface area contributed by atoms with E-state index in [9.17, 15) is 0 Å². The molecule has 1 aromatic heterocycles. The fourth-order valence-corrected chi connectivity index (χ4v) is 1.61. The lowest BCUT2D eigenvalue weighted by Gasteiger charge is -1.98. The van der Waals surface area contributed by atoms with Gasteiger partial charge in [-0.3, -0.25) is 9.98 Å². The molecule has 0 radical (unpaired) electrons. The molecule has 0 unspecified atom stereocenters. The Morgan fingerprint density at radius 3 is 3.00 bits per heavy atom. The maximum atomic E-state index is 4.38. The predicted octanol–water partition coefficient (Wildman–Crippen LogP) is 2.65. The van der Waals surface area contributed by atoms with E-state index in [2.05, 4.69) is 22.1 Å². The van der Waals surface area contributed by atoms with Gasteiger partial charge in [0.1, 0.15) is 0 Å². The third kappa shape index (κ3) is 1.66. The van der Waals surface area contributed by atoms with Gasteiger partial charge in [-0.15, -0.1) is 0 Å². The molecule has 3 rings (SSSR count). The molecule has 2 nitrogen and oxygen atoms in total. The van der Waals surface area contributed by atoms with Crippen molar-refractivity contribution in [2.45, 2.75) is 6.42 Å². The summed E-state index contributed by atoms with van der Waals surface area (Å²) >= 11 is 0. The molecule has 1 aliphatic heterocycles. The number of aliphatic imine (C=N–C) groups is 1. The van der Waals surface area contributed by atoms with Crippen LogP contribution in [-0.4, -0.2) is 10.7 Å². The number of fused-ring (bicyclic) bond motifs is 1. The van der Waals surface area contributed by atoms with E-state index in [0.29, 0.717) is 0 Å². The molecule has 1 aliphatic carbocycles. The number of hydrogen-bond acceptors (Lipinski definition) is 2. The summed E-state index contributed by atoms with van der Waals surface area (Å²) in [7, 11) is 0. The SMILES string of the molecule is C1=C2/C/C2=C\C(c2ccccn2)=N/C=C/1. The lowest BCUT2D eigenvalue weighted by molar-refractivity contribution is 1.29. The molecular weight excluding hydrogens is 184 g/mol. The number of rotatable bonds is 1. The van der Waals surface area contributed by atoms with Crippen LogP contribution in [0.2, 0.25) is 0 Å². The Labute approximate surface area is 88.4 Å². The minimum atomic E-state index is 0.933. The van der Waals surface area contributed by atoms with Crippen LogP contribution in [-0.2, 0) is 0 Å². The van der Waals surface area contributed by atoms with Crippen molar-refractivity contribution in [2.75, 3.05) is 0 Å². The van der Waals surface area contributed by atoms with E-state index in [1.807, 2.05) is 30.5 Å². The van der Waals surface area contributed by atoms with Crippen molar-refractivity contribution < 1.29 is 0 Å². The van der Waals surface area contributed by atoms with Crippen LogP contribution in [0.15, 0.2) is 65.0 Å². The summed E-state index contributed by atoms with van der Waals surface area (Å²) in [5.74, 6) is 0. The maximum absolute atomic E-state index is 4.38. The van der Waals surface area contributed by atoms with Gasteiger partial charge < -0.3 is 0 Å². The third-order valence-corrected chi connectivity index (χ3v) is 2.50. The molecule has 0 atom stereocenters. The topological polar surface area (TPSA) is 25.2 Å². The highest BCUT2D eigenvalue weighted by Crippen LogP contribution is 2.37. The zero-order valence-electron chi connectivity index (χ0n) is 8.22. The minimum Gasteiger partial charge on any atom is -0.255 e. The summed E-state index contributed by atoms with van der Waals surface area (Å²) in [6, 6.07) is 5.88. The zero-order valence-corrected chi connectivity index (χ0v) is 8.22. The molecule has 1 aromatic rings. The molecule has 2 heteroatoms. The first-order valence-corrected chi connectivity index (χ1v) is 4.99. The Balaban J connectivity index is 2.03. The van der Waals surface area contributed by atoms with Crippen molar-refractivity contribution >= 4 is 5.71 Å². The third-order valence-electron chi connectivity index (χ3n) is 2.50. The van der Waals surface area contributed by atoms with E-state index >= 15 is 0 Å². The number of allylic oxidation sites excluding steroid dienone is 5. The van der Waals surface area contributed by atoms with Crippen LogP contribution in [0.25, 0.3) is 0 Å². The molecule has 0 bridgehead atoms. The van der Waals surface area contributed by atoms with Crippen LogP contribution < -0.4 is 0 Å². The average molecular weight is 194 g/mol. The van der Waals surface area contributed by atoms with Gasteiger partial charge in [0, 0.05) is 12.4 Å². The summed E-state index contributed by atoms with van der Waals surface area (Å²) in [5, 5.41) is 0. The van der Waals surface area contributed by atoms with Crippen molar-refractivity contribution in [3.8, 4) is 0 Å². The van der Waals surface area contributed by atoms with Gasteiger partial charge in [0.05, 0.1) is 11.4 Å². The van der Waals surface area contributed by atoms with Crippen molar-refractivity contribution in [1.82, 2.24) is 4.98 Å². The molecule has 1 fully saturated rings. The van der Waals surface area contributed by atoms with Crippen LogP contribution in [0.3, 0.4) is 0 Å². The van der Waals surface area contributed by atoms with Crippen LogP contribution in [0.5, 0.6) is 0 Å². The molecule has 0 aromatic carbocycles. The molecule has 72 valence electrons. The Morgan fingerprint density at radius 2 is 2.13 bits per heavy atom. The van der Waals surface area contributed by atoms with Crippen LogP contribution in [0.1, 0.15) is 12.1 Å². The molecule has 0 amide bonds. The van der Waals surface area contributed by atoms with E-state index in [1.54, 1.807) is 6.20 Å². The van der Waals surface area contributed by atoms with Gasteiger partial charge >= 0.3 is 0 Å². The molecule has 0 N–H and O–H groups in total. The zero-order chi connectivity index (χ0) is 10.1. The normalized spacial score (nSPS) is 30.5. The largest absolute Gasteiger partial charge is 0.255 e. The molecule has 15 heavy (non-hydrogen) atoms. The van der Waals surface area contributed by atoms with Crippen LogP contribution >= 0.6 is 0 Å². The van der Waals surface area contributed by atoms with Crippen LogP contribution in [0, 0.1) is 0 Å². The average Bonchev–Trinajstić information content (AvgIpc) is 2.96. The van der Waals surface area contributed by atoms with Gasteiger partial charge in [0.25, 0.3) is 0 Å². The van der Waals surface area contributed by atoms with Gasteiger partial charge in [-0.25, -0.2) is 0 Å². The smallest absolute Gasteiger partial charge is 0.0889 e. The van der Waals surface area contributed by atoms with Crippen molar-refractivity contribution in [3.05, 3.63) is 65.7 Å². The standard InChI is InChI=1S/C13H10N2/c1-2-6-14-12(5-1)13-9-11-8-10(11)4-3-7-15-13/h1-7,9H,8H2/b4-3?,7-3+,10-4-,11-9+,13-9?,15-7?,15-13+. The molecule has 1 saturated carbocycles. The summed E-state index contributed by atoms with van der Waals surface area (Å²) < 4.78 is 0. The minimum absolute atomic E-state index is 0.933. The number of pyridine rings is 1. The first kappa shape index (κ1) is 8.36. The summed E-state index contributed by atoms with van der Waals surface area (Å²) in [4.78, 5) is 8.68. The predicted molar refractivity (Wildman–Crippen MR) is 60.7 cm³/mol. The highest BCUT2D eigenvalue weighted by molar-refractivity contribution is 6.09. The molecule has 2 heterocycles. The van der Waals surface area contributed by atoms with E-state index in [4.69, 9.17) is 0 Å². The Morgan fingerprint density at radius 1 is 1.13 bits per heavy atom. The molecule has 0 saturated heterocycles. The van der Waals surface area contributed by atoms with Gasteiger partial charge in [0.2, 0.25) is 0 Å². The first-order chi connectivity index (χ1) is 7.43. The second-order valence-corrected chi connectivity index (χ2v) is 3.61. The quantitative estimate of drug-likeness (QED) is 0.674. The number of nitrogens with zero attached hydrogens (tertiary/aromatic N) is 2. The van der Waals surface area contributed by atoms with Gasteiger partial charge in [-0.2, -0.15) is 0 Å². The first-order valence-electron chi connectivity index (χ1n) is 4.99. The fraction of sp³-hybridized carbons (Fsp3) is 0.0769. The van der Waals surface area contributed by atoms with Crippen LogP contribution in [0.4, 0.5) is 0 Å². The van der Waals surface area contributed by atoms with Gasteiger partial charge in [-0.05, 0) is 41.9 Å². The van der Waals surface area contributed by atoms with Crippen molar-refractivity contribution in [2.24, 2.45) is 4.99 Å². The highest BCUT2D eigenvalue weighted by Gasteiger charge is 2.21. The Bertz CT molecular complexity index is 505. The van der Waals surface area contributed by atoms with E-state index in [-0.39, 0.29) is 0 Å². The molecule has 2 aliphatic rings.